The highest BCUT2D eigenvalue weighted by Gasteiger charge is 2.39. The van der Waals surface area contributed by atoms with Gasteiger partial charge in [0, 0.05) is 13.3 Å². The first kappa shape index (κ1) is 15.3. The Hall–Kier alpha value is -1.13. The van der Waals surface area contributed by atoms with Crippen molar-refractivity contribution in [3.05, 3.63) is 24.0 Å². The first-order chi connectivity index (χ1) is 9.75. The maximum Gasteiger partial charge on any atom is 0.137 e. The number of ether oxygens (including phenoxy) is 2. The molecule has 1 aliphatic carbocycles. The van der Waals surface area contributed by atoms with Gasteiger partial charge in [-0.3, -0.25) is 4.98 Å². The van der Waals surface area contributed by atoms with Gasteiger partial charge in [-0.15, -0.1) is 0 Å². The molecule has 1 atom stereocenters. The van der Waals surface area contributed by atoms with E-state index in [1.54, 1.807) is 13.3 Å². The van der Waals surface area contributed by atoms with E-state index in [-0.39, 0.29) is 11.6 Å². The lowest BCUT2D eigenvalue weighted by atomic mass is 9.82. The monoisotopic (exact) mass is 278 g/mol. The van der Waals surface area contributed by atoms with Gasteiger partial charge in [-0.25, -0.2) is 0 Å². The molecule has 0 aliphatic heterocycles. The van der Waals surface area contributed by atoms with E-state index < -0.39 is 0 Å². The molecule has 1 heterocycles. The molecule has 0 spiro atoms. The van der Waals surface area contributed by atoms with E-state index in [1.165, 1.54) is 25.7 Å². The highest BCUT2D eigenvalue weighted by Crippen LogP contribution is 2.40. The van der Waals surface area contributed by atoms with Gasteiger partial charge in [-0.2, -0.15) is 0 Å². The Labute approximate surface area is 121 Å². The maximum atomic E-state index is 6.01. The maximum absolute atomic E-state index is 6.01. The van der Waals surface area contributed by atoms with E-state index in [1.807, 2.05) is 20.4 Å². The molecule has 0 aromatic carbocycles. The van der Waals surface area contributed by atoms with Crippen LogP contribution in [-0.4, -0.2) is 31.9 Å². The predicted octanol–water partition coefficient (Wildman–Crippen LogP) is 3.09. The quantitative estimate of drug-likeness (QED) is 0.841. The third-order valence-electron chi connectivity index (χ3n) is 4.47. The summed E-state index contributed by atoms with van der Waals surface area (Å²) in [4.78, 5) is 4.29. The van der Waals surface area contributed by atoms with Crippen LogP contribution >= 0.6 is 0 Å². The number of nitrogens with zero attached hydrogens (tertiary/aromatic N) is 1. The summed E-state index contributed by atoms with van der Waals surface area (Å²) < 4.78 is 11.3. The van der Waals surface area contributed by atoms with Crippen LogP contribution in [-0.2, 0) is 4.74 Å². The van der Waals surface area contributed by atoms with Crippen molar-refractivity contribution in [2.75, 3.05) is 21.3 Å². The molecule has 0 radical (unpaired) electrons. The number of pyridine rings is 1. The Morgan fingerprint density at radius 2 is 1.85 bits per heavy atom. The molecule has 4 heteroatoms. The van der Waals surface area contributed by atoms with E-state index >= 15 is 0 Å². The number of likely N-dealkylation sites (N-methyl/N-ethyl adjacent to an activating group) is 1. The lowest BCUT2D eigenvalue weighted by molar-refractivity contribution is -0.0523. The SMILES string of the molecule is CNC(c1cncc(OC)c1)C1(OC)CCCCCC1. The Bertz CT molecular complexity index is 415. The van der Waals surface area contributed by atoms with Crippen molar-refractivity contribution in [1.29, 1.82) is 0 Å². The average Bonchev–Trinajstić information content (AvgIpc) is 2.75. The number of hydrogen-bond donors (Lipinski definition) is 1. The van der Waals surface area contributed by atoms with E-state index in [9.17, 15) is 0 Å². The number of hydrogen-bond acceptors (Lipinski definition) is 4. The van der Waals surface area contributed by atoms with Gasteiger partial charge in [0.2, 0.25) is 0 Å². The van der Waals surface area contributed by atoms with Gasteiger partial charge in [0.1, 0.15) is 5.75 Å². The molecule has 1 aromatic heterocycles. The molecule has 0 amide bonds. The van der Waals surface area contributed by atoms with Crippen LogP contribution in [0.25, 0.3) is 0 Å². The fraction of sp³-hybridized carbons (Fsp3) is 0.688. The lowest BCUT2D eigenvalue weighted by Gasteiger charge is -2.39. The van der Waals surface area contributed by atoms with E-state index in [4.69, 9.17) is 9.47 Å². The second-order valence-electron chi connectivity index (χ2n) is 5.56. The molecule has 1 aliphatic rings. The molecule has 0 saturated heterocycles. The van der Waals surface area contributed by atoms with Gasteiger partial charge >= 0.3 is 0 Å². The smallest absolute Gasteiger partial charge is 0.137 e. The summed E-state index contributed by atoms with van der Waals surface area (Å²) in [5.74, 6) is 0.794. The van der Waals surface area contributed by atoms with Gasteiger partial charge in [0.15, 0.2) is 0 Å². The van der Waals surface area contributed by atoms with Crippen molar-refractivity contribution in [2.45, 2.75) is 50.2 Å². The standard InChI is InChI=1S/C16H26N2O2/c1-17-15(13-10-14(19-2)12-18-11-13)16(20-3)8-6-4-5-7-9-16/h10-12,15,17H,4-9H2,1-3H3. The normalized spacial score (nSPS) is 20.1. The molecule has 2 rings (SSSR count). The summed E-state index contributed by atoms with van der Waals surface area (Å²) in [6, 6.07) is 2.20. The second-order valence-corrected chi connectivity index (χ2v) is 5.56. The first-order valence-electron chi connectivity index (χ1n) is 7.47. The minimum atomic E-state index is -0.140. The molecule has 1 fully saturated rings. The Morgan fingerprint density at radius 1 is 1.15 bits per heavy atom. The van der Waals surface area contributed by atoms with Crippen molar-refractivity contribution in [3.8, 4) is 5.75 Å². The number of aromatic nitrogens is 1. The molecule has 0 bridgehead atoms. The minimum Gasteiger partial charge on any atom is -0.495 e. The average molecular weight is 278 g/mol. The second kappa shape index (κ2) is 7.04. The van der Waals surface area contributed by atoms with Gasteiger partial charge in [0.05, 0.1) is 24.9 Å². The molecule has 1 aromatic rings. The zero-order valence-corrected chi connectivity index (χ0v) is 12.8. The van der Waals surface area contributed by atoms with Crippen LogP contribution in [0.4, 0.5) is 0 Å². The predicted molar refractivity (Wildman–Crippen MR) is 80.0 cm³/mol. The zero-order valence-electron chi connectivity index (χ0n) is 12.8. The van der Waals surface area contributed by atoms with Gasteiger partial charge in [0.25, 0.3) is 0 Å². The third-order valence-corrected chi connectivity index (χ3v) is 4.47. The van der Waals surface area contributed by atoms with E-state index in [0.29, 0.717) is 0 Å². The Balaban J connectivity index is 2.32. The summed E-state index contributed by atoms with van der Waals surface area (Å²) in [5.41, 5.74) is 0.995. The van der Waals surface area contributed by atoms with Crippen molar-refractivity contribution in [2.24, 2.45) is 0 Å². The van der Waals surface area contributed by atoms with Crippen molar-refractivity contribution >= 4 is 0 Å². The minimum absolute atomic E-state index is 0.140. The van der Waals surface area contributed by atoms with Gasteiger partial charge in [-0.05, 0) is 31.5 Å². The number of rotatable bonds is 5. The van der Waals surface area contributed by atoms with Crippen molar-refractivity contribution in [1.82, 2.24) is 10.3 Å². The van der Waals surface area contributed by atoms with Crippen LogP contribution in [0.2, 0.25) is 0 Å². The third kappa shape index (κ3) is 3.13. The van der Waals surface area contributed by atoms with Gasteiger partial charge < -0.3 is 14.8 Å². The highest BCUT2D eigenvalue weighted by atomic mass is 16.5. The fourth-order valence-electron chi connectivity index (χ4n) is 3.38. The lowest BCUT2D eigenvalue weighted by Crippen LogP contribution is -2.44. The summed E-state index contributed by atoms with van der Waals surface area (Å²) in [6.07, 6.45) is 10.9. The summed E-state index contributed by atoms with van der Waals surface area (Å²) in [5, 5.41) is 3.44. The van der Waals surface area contributed by atoms with Crippen LogP contribution in [0.3, 0.4) is 0 Å². The molecule has 112 valence electrons. The van der Waals surface area contributed by atoms with Gasteiger partial charge in [-0.1, -0.05) is 25.7 Å². The molecule has 1 N–H and O–H groups in total. The Kier molecular flexibility index (Phi) is 5.38. The highest BCUT2D eigenvalue weighted by molar-refractivity contribution is 5.28. The number of nitrogens with one attached hydrogen (secondary N) is 1. The van der Waals surface area contributed by atoms with E-state index in [0.717, 1.165) is 24.2 Å². The zero-order chi connectivity index (χ0) is 14.4. The summed E-state index contributed by atoms with van der Waals surface area (Å²) in [6.45, 7) is 0. The van der Waals surface area contributed by atoms with Crippen molar-refractivity contribution < 1.29 is 9.47 Å². The van der Waals surface area contributed by atoms with E-state index in [2.05, 4.69) is 16.4 Å². The number of methoxy groups -OCH3 is 2. The van der Waals surface area contributed by atoms with Crippen LogP contribution in [0.15, 0.2) is 18.5 Å². The molecular weight excluding hydrogens is 252 g/mol. The molecule has 1 unspecified atom stereocenters. The molecular formula is C16H26N2O2. The molecule has 1 saturated carbocycles. The first-order valence-corrected chi connectivity index (χ1v) is 7.47. The van der Waals surface area contributed by atoms with Crippen LogP contribution < -0.4 is 10.1 Å². The van der Waals surface area contributed by atoms with Crippen LogP contribution in [0, 0.1) is 0 Å². The summed E-state index contributed by atoms with van der Waals surface area (Å²) in [7, 11) is 5.51. The fourth-order valence-corrected chi connectivity index (χ4v) is 3.38. The van der Waals surface area contributed by atoms with Crippen LogP contribution in [0.1, 0.15) is 50.1 Å². The molecule has 20 heavy (non-hydrogen) atoms. The van der Waals surface area contributed by atoms with Crippen molar-refractivity contribution in [3.63, 3.8) is 0 Å². The largest absolute Gasteiger partial charge is 0.495 e. The Morgan fingerprint density at radius 3 is 2.40 bits per heavy atom. The molecule has 4 nitrogen and oxygen atoms in total. The summed E-state index contributed by atoms with van der Waals surface area (Å²) >= 11 is 0. The topological polar surface area (TPSA) is 43.4 Å². The van der Waals surface area contributed by atoms with Crippen LogP contribution in [0.5, 0.6) is 5.75 Å².